The maximum Gasteiger partial charge on any atom is 0.0669 e. The molecule has 0 bridgehead atoms. The van der Waals surface area contributed by atoms with E-state index in [4.69, 9.17) is 5.26 Å². The predicted octanol–water partition coefficient (Wildman–Crippen LogP) is 2.42. The maximum absolute atomic E-state index is 8.69. The van der Waals surface area contributed by atoms with Crippen molar-refractivity contribution in [2.24, 2.45) is 0 Å². The second-order valence-corrected chi connectivity index (χ2v) is 4.39. The van der Waals surface area contributed by atoms with E-state index in [1.54, 1.807) is 0 Å². The summed E-state index contributed by atoms with van der Waals surface area (Å²) in [5, 5.41) is 16.8. The average Bonchev–Trinajstić information content (AvgIpc) is 2.73. The first kappa shape index (κ1) is 14.7. The van der Waals surface area contributed by atoms with Gasteiger partial charge < -0.3 is 5.32 Å². The van der Waals surface area contributed by atoms with Crippen molar-refractivity contribution in [3.8, 4) is 6.07 Å². The Kier molecular flexibility index (Phi) is 6.45. The Morgan fingerprint density at radius 1 is 1.28 bits per heavy atom. The standard InChI is InChI=1S/C14H24N4/c1-4-9-16-11-12-13(5-2)17-18(10-7-8-15)14(12)6-3/h16H,4-7,9-11H2,1-3H3. The summed E-state index contributed by atoms with van der Waals surface area (Å²) in [6.07, 6.45) is 3.60. The molecule has 0 saturated carbocycles. The molecule has 18 heavy (non-hydrogen) atoms. The van der Waals surface area contributed by atoms with Crippen molar-refractivity contribution in [2.45, 2.75) is 59.5 Å². The van der Waals surface area contributed by atoms with E-state index >= 15 is 0 Å². The molecule has 0 atom stereocenters. The van der Waals surface area contributed by atoms with Gasteiger partial charge in [0.25, 0.3) is 0 Å². The van der Waals surface area contributed by atoms with Crippen LogP contribution in [0.1, 0.15) is 50.6 Å². The van der Waals surface area contributed by atoms with Gasteiger partial charge in [0.1, 0.15) is 0 Å². The van der Waals surface area contributed by atoms with Gasteiger partial charge in [-0.1, -0.05) is 20.8 Å². The van der Waals surface area contributed by atoms with Crippen molar-refractivity contribution in [3.05, 3.63) is 17.0 Å². The fourth-order valence-electron chi connectivity index (χ4n) is 2.20. The smallest absolute Gasteiger partial charge is 0.0669 e. The molecule has 1 rings (SSSR count). The van der Waals surface area contributed by atoms with Crippen LogP contribution in [0.25, 0.3) is 0 Å². The van der Waals surface area contributed by atoms with E-state index in [0.29, 0.717) is 13.0 Å². The van der Waals surface area contributed by atoms with E-state index in [1.807, 2.05) is 4.68 Å². The second-order valence-electron chi connectivity index (χ2n) is 4.39. The summed E-state index contributed by atoms with van der Waals surface area (Å²) in [5.41, 5.74) is 3.80. The average molecular weight is 248 g/mol. The summed E-state index contributed by atoms with van der Waals surface area (Å²) >= 11 is 0. The molecular weight excluding hydrogens is 224 g/mol. The van der Waals surface area contributed by atoms with Crippen LogP contribution in [0.3, 0.4) is 0 Å². The van der Waals surface area contributed by atoms with Crippen LogP contribution in [-0.4, -0.2) is 16.3 Å². The van der Waals surface area contributed by atoms with Crippen molar-refractivity contribution in [2.75, 3.05) is 6.54 Å². The maximum atomic E-state index is 8.69. The Hall–Kier alpha value is -1.34. The molecule has 1 aromatic rings. The Labute approximate surface area is 110 Å². The van der Waals surface area contributed by atoms with Crippen LogP contribution >= 0.6 is 0 Å². The van der Waals surface area contributed by atoms with E-state index in [-0.39, 0.29) is 0 Å². The van der Waals surface area contributed by atoms with Crippen molar-refractivity contribution >= 4 is 0 Å². The van der Waals surface area contributed by atoms with E-state index in [1.165, 1.54) is 17.0 Å². The predicted molar refractivity (Wildman–Crippen MR) is 73.2 cm³/mol. The third kappa shape index (κ3) is 3.58. The molecule has 4 heteroatoms. The molecule has 4 nitrogen and oxygen atoms in total. The zero-order valence-corrected chi connectivity index (χ0v) is 11.8. The van der Waals surface area contributed by atoms with Crippen LogP contribution in [0.5, 0.6) is 0 Å². The SMILES string of the molecule is CCCNCc1c(CC)nn(CCC#N)c1CC. The van der Waals surface area contributed by atoms with Crippen LogP contribution in [0.4, 0.5) is 0 Å². The van der Waals surface area contributed by atoms with Gasteiger partial charge in [-0.05, 0) is 25.8 Å². The van der Waals surface area contributed by atoms with Crippen molar-refractivity contribution in [1.82, 2.24) is 15.1 Å². The van der Waals surface area contributed by atoms with Gasteiger partial charge in [0.05, 0.1) is 24.7 Å². The fraction of sp³-hybridized carbons (Fsp3) is 0.714. The Balaban J connectivity index is 2.90. The first-order valence-electron chi connectivity index (χ1n) is 6.93. The molecule has 0 radical (unpaired) electrons. The number of nitriles is 1. The molecule has 0 saturated heterocycles. The monoisotopic (exact) mass is 248 g/mol. The summed E-state index contributed by atoms with van der Waals surface area (Å²) < 4.78 is 2.02. The molecule has 0 aliphatic heterocycles. The molecular formula is C14H24N4. The molecule has 0 aromatic carbocycles. The first-order chi connectivity index (χ1) is 8.78. The molecule has 100 valence electrons. The highest BCUT2D eigenvalue weighted by atomic mass is 15.3. The zero-order valence-electron chi connectivity index (χ0n) is 11.8. The molecule has 0 aliphatic rings. The lowest BCUT2D eigenvalue weighted by Crippen LogP contribution is -2.16. The third-order valence-corrected chi connectivity index (χ3v) is 3.08. The minimum Gasteiger partial charge on any atom is -0.313 e. The van der Waals surface area contributed by atoms with Crippen LogP contribution in [-0.2, 0) is 25.9 Å². The fourth-order valence-corrected chi connectivity index (χ4v) is 2.20. The lowest BCUT2D eigenvalue weighted by molar-refractivity contribution is 0.589. The molecule has 0 aliphatic carbocycles. The van der Waals surface area contributed by atoms with Crippen molar-refractivity contribution in [3.63, 3.8) is 0 Å². The number of aromatic nitrogens is 2. The first-order valence-corrected chi connectivity index (χ1v) is 6.93. The van der Waals surface area contributed by atoms with E-state index in [0.717, 1.165) is 32.4 Å². The minimum atomic E-state index is 0.527. The Morgan fingerprint density at radius 3 is 2.61 bits per heavy atom. The van der Waals surface area contributed by atoms with Gasteiger partial charge in [0.15, 0.2) is 0 Å². The number of nitrogens with one attached hydrogen (secondary N) is 1. The van der Waals surface area contributed by atoms with Crippen LogP contribution in [0, 0.1) is 11.3 Å². The van der Waals surface area contributed by atoms with E-state index < -0.39 is 0 Å². The number of aryl methyl sites for hydroxylation is 2. The molecule has 1 heterocycles. The third-order valence-electron chi connectivity index (χ3n) is 3.08. The number of hydrogen-bond donors (Lipinski definition) is 1. The van der Waals surface area contributed by atoms with Crippen LogP contribution in [0.15, 0.2) is 0 Å². The van der Waals surface area contributed by atoms with Gasteiger partial charge >= 0.3 is 0 Å². The van der Waals surface area contributed by atoms with Gasteiger partial charge in [0.2, 0.25) is 0 Å². The molecule has 0 fully saturated rings. The summed E-state index contributed by atoms with van der Waals surface area (Å²) in [4.78, 5) is 0. The van der Waals surface area contributed by atoms with Gasteiger partial charge in [-0.2, -0.15) is 10.4 Å². The largest absolute Gasteiger partial charge is 0.313 e. The highest BCUT2D eigenvalue weighted by Gasteiger charge is 2.14. The summed E-state index contributed by atoms with van der Waals surface area (Å²) in [5.74, 6) is 0. The topological polar surface area (TPSA) is 53.6 Å². The summed E-state index contributed by atoms with van der Waals surface area (Å²) in [6.45, 7) is 9.11. The van der Waals surface area contributed by atoms with Gasteiger partial charge in [-0.25, -0.2) is 0 Å². The van der Waals surface area contributed by atoms with E-state index in [2.05, 4.69) is 37.3 Å². The summed E-state index contributed by atoms with van der Waals surface area (Å²) in [6, 6.07) is 2.19. The van der Waals surface area contributed by atoms with Gasteiger partial charge in [-0.3, -0.25) is 4.68 Å². The lowest BCUT2D eigenvalue weighted by atomic mass is 10.1. The Bertz CT molecular complexity index is 401. The Morgan fingerprint density at radius 2 is 2.06 bits per heavy atom. The molecule has 0 unspecified atom stereocenters. The molecule has 1 aromatic heterocycles. The molecule has 0 spiro atoms. The molecule has 0 amide bonds. The quantitative estimate of drug-likeness (QED) is 0.719. The normalized spacial score (nSPS) is 10.6. The van der Waals surface area contributed by atoms with Crippen molar-refractivity contribution < 1.29 is 0 Å². The molecule has 1 N–H and O–H groups in total. The zero-order chi connectivity index (χ0) is 13.4. The van der Waals surface area contributed by atoms with Crippen LogP contribution < -0.4 is 5.32 Å². The lowest BCUT2D eigenvalue weighted by Gasteiger charge is -2.07. The second kappa shape index (κ2) is 7.88. The van der Waals surface area contributed by atoms with Gasteiger partial charge in [0, 0.05) is 17.8 Å². The van der Waals surface area contributed by atoms with Crippen LogP contribution in [0.2, 0.25) is 0 Å². The number of nitrogens with zero attached hydrogens (tertiary/aromatic N) is 3. The highest BCUT2D eigenvalue weighted by Crippen LogP contribution is 2.16. The number of rotatable bonds is 8. The number of hydrogen-bond acceptors (Lipinski definition) is 3. The van der Waals surface area contributed by atoms with Crippen molar-refractivity contribution in [1.29, 1.82) is 5.26 Å². The highest BCUT2D eigenvalue weighted by molar-refractivity contribution is 5.26. The van der Waals surface area contributed by atoms with Gasteiger partial charge in [-0.15, -0.1) is 0 Å². The van der Waals surface area contributed by atoms with E-state index in [9.17, 15) is 0 Å². The summed E-state index contributed by atoms with van der Waals surface area (Å²) in [7, 11) is 0. The minimum absolute atomic E-state index is 0.527.